The predicted octanol–water partition coefficient (Wildman–Crippen LogP) is 7.85. The van der Waals surface area contributed by atoms with Gasteiger partial charge in [0, 0.05) is 11.1 Å². The molecule has 0 saturated carbocycles. The van der Waals surface area contributed by atoms with E-state index < -0.39 is 51.8 Å². The summed E-state index contributed by atoms with van der Waals surface area (Å²) >= 11 is 0. The smallest absolute Gasteiger partial charge is 0.411 e. The number of benzene rings is 4. The van der Waals surface area contributed by atoms with Crippen molar-refractivity contribution in [2.24, 2.45) is 0 Å². The molecule has 4 aromatic carbocycles. The predicted molar refractivity (Wildman–Crippen MR) is 128 cm³/mol. The monoisotopic (exact) mass is 518 g/mol. The topological polar surface area (TPSA) is 70.5 Å². The first-order valence-electron chi connectivity index (χ1n) is 10.8. The zero-order valence-corrected chi connectivity index (χ0v) is 19.0. The molecule has 0 saturated heterocycles. The summed E-state index contributed by atoms with van der Waals surface area (Å²) < 4.78 is 101. The molecule has 0 aliphatic rings. The molecule has 4 rings (SSSR count). The van der Waals surface area contributed by atoms with Crippen molar-refractivity contribution in [1.29, 1.82) is 0 Å². The highest BCUT2D eigenvalue weighted by molar-refractivity contribution is 5.68. The zero-order chi connectivity index (χ0) is 26.8. The molecule has 0 spiro atoms. The molecule has 0 radical (unpaired) electrons. The number of ether oxygens (including phenoxy) is 2. The average Bonchev–Trinajstić information content (AvgIpc) is 2.83. The van der Waals surface area contributed by atoms with E-state index in [1.807, 2.05) is 0 Å². The maximum absolute atomic E-state index is 15.0. The molecule has 0 bridgehead atoms. The van der Waals surface area contributed by atoms with Crippen molar-refractivity contribution in [3.63, 3.8) is 0 Å². The molecule has 0 atom stereocenters. The second-order valence-corrected chi connectivity index (χ2v) is 8.02. The van der Waals surface area contributed by atoms with Crippen LogP contribution in [0.4, 0.5) is 37.7 Å². The van der Waals surface area contributed by atoms with Gasteiger partial charge in [-0.2, -0.15) is 26.3 Å². The van der Waals surface area contributed by atoms with Crippen molar-refractivity contribution in [2.45, 2.75) is 17.8 Å². The fourth-order valence-corrected chi connectivity index (χ4v) is 4.06. The fraction of sp³-hybridized carbons (Fsp3) is 0.111. The largest absolute Gasteiger partial charge is 0.455 e. The Morgan fingerprint density at radius 1 is 0.459 bits per heavy atom. The summed E-state index contributed by atoms with van der Waals surface area (Å²) in [5, 5.41) is 0. The van der Waals surface area contributed by atoms with Crippen LogP contribution in [0, 0.1) is 0 Å². The van der Waals surface area contributed by atoms with Gasteiger partial charge in [0.1, 0.15) is 11.5 Å². The summed E-state index contributed by atoms with van der Waals surface area (Å²) in [7, 11) is 0. The Morgan fingerprint density at radius 2 is 0.811 bits per heavy atom. The van der Waals surface area contributed by atoms with Crippen LogP contribution < -0.4 is 20.9 Å². The minimum Gasteiger partial charge on any atom is -0.455 e. The van der Waals surface area contributed by atoms with Gasteiger partial charge in [0.15, 0.2) is 11.5 Å². The van der Waals surface area contributed by atoms with Gasteiger partial charge >= 0.3 is 12.4 Å². The summed E-state index contributed by atoms with van der Waals surface area (Å²) in [6.45, 7) is 0. The van der Waals surface area contributed by atoms with Crippen LogP contribution in [0.3, 0.4) is 0 Å². The molecule has 0 fully saturated rings. The van der Waals surface area contributed by atoms with Crippen LogP contribution in [-0.4, -0.2) is 12.4 Å². The SMILES string of the molecule is Nc1cccc(C(c2cccc(N)c2Oc2ccccc2)(C(F)(F)F)C(F)(F)F)c1Oc1ccccc1. The number of nitrogens with two attached hydrogens (primary N) is 2. The molecule has 10 heteroatoms. The maximum Gasteiger partial charge on any atom is 0.411 e. The highest BCUT2D eigenvalue weighted by Gasteiger charge is 2.74. The number of halogens is 6. The van der Waals surface area contributed by atoms with Crippen LogP contribution in [0.1, 0.15) is 11.1 Å². The van der Waals surface area contributed by atoms with Crippen molar-refractivity contribution in [3.8, 4) is 23.0 Å². The Balaban J connectivity index is 2.08. The molecular formula is C27H20F6N2O2. The van der Waals surface area contributed by atoms with E-state index in [0.29, 0.717) is 12.1 Å². The Hall–Kier alpha value is -4.34. The number of nitrogen functional groups attached to an aromatic ring is 2. The maximum atomic E-state index is 15.0. The first-order valence-corrected chi connectivity index (χ1v) is 10.8. The molecular weight excluding hydrogens is 498 g/mol. The van der Waals surface area contributed by atoms with Crippen LogP contribution in [0.15, 0.2) is 97.1 Å². The van der Waals surface area contributed by atoms with E-state index in [9.17, 15) is 0 Å². The Labute approximate surface area is 208 Å². The summed E-state index contributed by atoms with van der Waals surface area (Å²) in [5.41, 5.74) is 3.81. The second-order valence-electron chi connectivity index (χ2n) is 8.02. The first-order chi connectivity index (χ1) is 17.5. The van der Waals surface area contributed by atoms with Crippen molar-refractivity contribution < 1.29 is 35.8 Å². The highest BCUT2D eigenvalue weighted by atomic mass is 19.4. The Kier molecular flexibility index (Phi) is 6.68. The molecule has 37 heavy (non-hydrogen) atoms. The van der Waals surface area contributed by atoms with Gasteiger partial charge in [-0.3, -0.25) is 0 Å². The molecule has 4 N–H and O–H groups in total. The van der Waals surface area contributed by atoms with Crippen LogP contribution in [-0.2, 0) is 5.41 Å². The third-order valence-electron chi connectivity index (χ3n) is 5.68. The van der Waals surface area contributed by atoms with E-state index in [4.69, 9.17) is 20.9 Å². The number of rotatable bonds is 6. The average molecular weight is 518 g/mol. The lowest BCUT2D eigenvalue weighted by Crippen LogP contribution is -2.55. The fourth-order valence-electron chi connectivity index (χ4n) is 4.06. The lowest BCUT2D eigenvalue weighted by molar-refractivity contribution is -0.289. The molecule has 0 aromatic heterocycles. The van der Waals surface area contributed by atoms with E-state index in [0.717, 1.165) is 24.3 Å². The van der Waals surface area contributed by atoms with Crippen molar-refractivity contribution in [3.05, 3.63) is 108 Å². The van der Waals surface area contributed by atoms with E-state index in [1.54, 1.807) is 12.1 Å². The van der Waals surface area contributed by atoms with Crippen LogP contribution in [0.5, 0.6) is 23.0 Å². The van der Waals surface area contributed by atoms with Crippen molar-refractivity contribution in [1.82, 2.24) is 0 Å². The van der Waals surface area contributed by atoms with Crippen LogP contribution >= 0.6 is 0 Å². The summed E-state index contributed by atoms with van der Waals surface area (Å²) in [5.74, 6) is -1.60. The molecule has 0 aliphatic heterocycles. The molecule has 0 unspecified atom stereocenters. The molecule has 4 aromatic rings. The molecule has 0 amide bonds. The summed E-state index contributed by atoms with van der Waals surface area (Å²) in [4.78, 5) is 0. The van der Waals surface area contributed by atoms with Gasteiger partial charge in [-0.1, -0.05) is 60.7 Å². The van der Waals surface area contributed by atoms with Gasteiger partial charge < -0.3 is 20.9 Å². The minimum absolute atomic E-state index is 0.00627. The molecule has 0 heterocycles. The third-order valence-corrected chi connectivity index (χ3v) is 5.68. The molecule has 4 nitrogen and oxygen atoms in total. The Morgan fingerprint density at radius 3 is 1.14 bits per heavy atom. The third kappa shape index (κ3) is 4.62. The van der Waals surface area contributed by atoms with E-state index in [-0.39, 0.29) is 11.5 Å². The van der Waals surface area contributed by atoms with Gasteiger partial charge in [0.25, 0.3) is 0 Å². The van der Waals surface area contributed by atoms with Gasteiger partial charge in [0.05, 0.1) is 11.4 Å². The standard InChI is InChI=1S/C27H20F6N2O2/c28-26(29,30)25(27(31,32)33,19-13-7-15-21(34)23(19)36-17-9-3-1-4-10-17)20-14-8-16-22(35)24(20)37-18-11-5-2-6-12-18/h1-16H,34-35H2. The summed E-state index contributed by atoms with van der Waals surface area (Å²) in [6.07, 6.45) is -11.9. The minimum atomic E-state index is -5.93. The molecule has 0 aliphatic carbocycles. The van der Waals surface area contributed by atoms with E-state index in [2.05, 4.69) is 0 Å². The van der Waals surface area contributed by atoms with Crippen LogP contribution in [0.2, 0.25) is 0 Å². The number of hydrogen-bond donors (Lipinski definition) is 2. The van der Waals surface area contributed by atoms with Gasteiger partial charge in [-0.05, 0) is 36.4 Å². The number of alkyl halides is 6. The second kappa shape index (κ2) is 9.61. The normalized spacial score (nSPS) is 12.3. The number of para-hydroxylation sites is 4. The van der Waals surface area contributed by atoms with Gasteiger partial charge in [-0.15, -0.1) is 0 Å². The quantitative estimate of drug-likeness (QED) is 0.202. The highest BCUT2D eigenvalue weighted by Crippen LogP contribution is 2.61. The van der Waals surface area contributed by atoms with Crippen LogP contribution in [0.25, 0.3) is 0 Å². The number of hydrogen-bond acceptors (Lipinski definition) is 4. The van der Waals surface area contributed by atoms with Crippen molar-refractivity contribution in [2.75, 3.05) is 11.5 Å². The van der Waals surface area contributed by atoms with Gasteiger partial charge in [-0.25, -0.2) is 0 Å². The summed E-state index contributed by atoms with van der Waals surface area (Å²) in [6, 6.07) is 20.5. The lowest BCUT2D eigenvalue weighted by Gasteiger charge is -2.40. The Bertz CT molecular complexity index is 1270. The number of anilines is 2. The van der Waals surface area contributed by atoms with E-state index >= 15 is 26.3 Å². The lowest BCUT2D eigenvalue weighted by atomic mass is 9.71. The first kappa shape index (κ1) is 25.7. The van der Waals surface area contributed by atoms with Crippen molar-refractivity contribution >= 4 is 11.4 Å². The molecule has 192 valence electrons. The zero-order valence-electron chi connectivity index (χ0n) is 19.0. The van der Waals surface area contributed by atoms with E-state index in [1.165, 1.54) is 48.5 Å². The van der Waals surface area contributed by atoms with Gasteiger partial charge in [0.2, 0.25) is 5.41 Å².